The first kappa shape index (κ1) is 20.6. The molecular formula is C23H22BrN3O2. The Balaban J connectivity index is 1.80. The average Bonchev–Trinajstić information content (AvgIpc) is 2.73. The van der Waals surface area contributed by atoms with E-state index in [2.05, 4.69) is 26.6 Å². The first-order chi connectivity index (χ1) is 14.0. The highest BCUT2D eigenvalue weighted by molar-refractivity contribution is 9.10. The topological polar surface area (TPSA) is 84.2 Å². The van der Waals surface area contributed by atoms with Gasteiger partial charge in [-0.15, -0.1) is 0 Å². The second kappa shape index (κ2) is 9.89. The number of amides is 3. The molecule has 3 aromatic rings. The molecule has 0 aliphatic heterocycles. The van der Waals surface area contributed by atoms with Crippen LogP contribution in [-0.2, 0) is 4.79 Å². The zero-order chi connectivity index (χ0) is 20.6. The van der Waals surface area contributed by atoms with Crippen molar-refractivity contribution in [3.05, 3.63) is 106 Å². The Bertz CT molecular complexity index is 907. The minimum absolute atomic E-state index is 0.0702. The Morgan fingerprint density at radius 3 is 1.76 bits per heavy atom. The summed E-state index contributed by atoms with van der Waals surface area (Å²) in [6.07, 6.45) is 0.0702. The summed E-state index contributed by atoms with van der Waals surface area (Å²) in [4.78, 5) is 24.4. The van der Waals surface area contributed by atoms with Gasteiger partial charge in [0.15, 0.2) is 0 Å². The van der Waals surface area contributed by atoms with E-state index < -0.39 is 12.1 Å². The zero-order valence-corrected chi connectivity index (χ0v) is 17.3. The molecule has 3 aromatic carbocycles. The fraction of sp³-hybridized carbons (Fsp3) is 0.130. The fourth-order valence-corrected chi connectivity index (χ4v) is 3.44. The lowest BCUT2D eigenvalue weighted by Crippen LogP contribution is -2.37. The number of carbonyl (C=O) groups is 2. The van der Waals surface area contributed by atoms with E-state index in [4.69, 9.17) is 5.73 Å². The third-order valence-corrected chi connectivity index (χ3v) is 5.08. The number of carbonyl (C=O) groups excluding carboxylic acids is 2. The van der Waals surface area contributed by atoms with Crippen LogP contribution in [0.2, 0.25) is 0 Å². The molecule has 3 rings (SSSR count). The van der Waals surface area contributed by atoms with Gasteiger partial charge in [-0.1, -0.05) is 88.7 Å². The quantitative estimate of drug-likeness (QED) is 0.495. The van der Waals surface area contributed by atoms with Crippen LogP contribution >= 0.6 is 15.9 Å². The zero-order valence-electron chi connectivity index (χ0n) is 15.7. The average molecular weight is 452 g/mol. The summed E-state index contributed by atoms with van der Waals surface area (Å²) < 4.78 is 0.914. The minimum Gasteiger partial charge on any atom is -0.352 e. The number of hydrogen-bond acceptors (Lipinski definition) is 2. The molecule has 0 heterocycles. The molecular weight excluding hydrogens is 430 g/mol. The number of nitrogens with one attached hydrogen (secondary N) is 2. The van der Waals surface area contributed by atoms with Gasteiger partial charge in [0, 0.05) is 4.47 Å². The molecule has 6 heteroatoms. The van der Waals surface area contributed by atoms with Gasteiger partial charge >= 0.3 is 6.03 Å². The van der Waals surface area contributed by atoms with E-state index in [9.17, 15) is 9.59 Å². The number of halogens is 1. The van der Waals surface area contributed by atoms with Gasteiger partial charge in [0.1, 0.15) is 0 Å². The molecule has 3 amide bonds. The van der Waals surface area contributed by atoms with Crippen molar-refractivity contribution in [3.63, 3.8) is 0 Å². The van der Waals surface area contributed by atoms with Crippen molar-refractivity contribution in [2.75, 3.05) is 0 Å². The van der Waals surface area contributed by atoms with Crippen LogP contribution in [0.1, 0.15) is 35.2 Å². The predicted octanol–water partition coefficient (Wildman–Crippen LogP) is 4.45. The van der Waals surface area contributed by atoms with Crippen molar-refractivity contribution in [2.45, 2.75) is 18.5 Å². The highest BCUT2D eigenvalue weighted by Gasteiger charge is 2.21. The first-order valence-electron chi connectivity index (χ1n) is 9.23. The maximum Gasteiger partial charge on any atom is 0.312 e. The van der Waals surface area contributed by atoms with Gasteiger partial charge < -0.3 is 16.4 Å². The molecule has 0 saturated heterocycles. The standard InChI is InChI=1S/C23H22BrN3O2/c24-19-13-11-16(12-14-19)20(26-23(25)29)15-21(28)27-22(17-7-3-1-4-8-17)18-9-5-2-6-10-18/h1-14,20,22H,15H2,(H,27,28)(H3,25,26,29). The summed E-state index contributed by atoms with van der Waals surface area (Å²) in [7, 11) is 0. The Kier molecular flexibility index (Phi) is 7.03. The molecule has 0 bridgehead atoms. The maximum atomic E-state index is 12.9. The summed E-state index contributed by atoms with van der Waals surface area (Å²) in [5.41, 5.74) is 8.10. The van der Waals surface area contributed by atoms with Crippen molar-refractivity contribution >= 4 is 27.9 Å². The highest BCUT2D eigenvalue weighted by atomic mass is 79.9. The lowest BCUT2D eigenvalue weighted by atomic mass is 9.97. The maximum absolute atomic E-state index is 12.9. The number of hydrogen-bond donors (Lipinski definition) is 3. The number of rotatable bonds is 7. The van der Waals surface area contributed by atoms with E-state index in [1.807, 2.05) is 84.9 Å². The van der Waals surface area contributed by atoms with Gasteiger partial charge in [-0.3, -0.25) is 4.79 Å². The predicted molar refractivity (Wildman–Crippen MR) is 117 cm³/mol. The van der Waals surface area contributed by atoms with E-state index in [1.165, 1.54) is 0 Å². The van der Waals surface area contributed by atoms with Crippen LogP contribution in [0.15, 0.2) is 89.4 Å². The van der Waals surface area contributed by atoms with Gasteiger partial charge in [0.25, 0.3) is 0 Å². The van der Waals surface area contributed by atoms with Crippen molar-refractivity contribution in [3.8, 4) is 0 Å². The minimum atomic E-state index is -0.673. The van der Waals surface area contributed by atoms with E-state index in [-0.39, 0.29) is 18.4 Å². The smallest absolute Gasteiger partial charge is 0.312 e. The van der Waals surface area contributed by atoms with Crippen LogP contribution in [0.4, 0.5) is 4.79 Å². The van der Waals surface area contributed by atoms with Crippen LogP contribution in [0.3, 0.4) is 0 Å². The molecule has 0 spiro atoms. The fourth-order valence-electron chi connectivity index (χ4n) is 3.17. The number of benzene rings is 3. The van der Waals surface area contributed by atoms with Crippen LogP contribution < -0.4 is 16.4 Å². The third kappa shape index (κ3) is 5.93. The first-order valence-corrected chi connectivity index (χ1v) is 10.0. The summed E-state index contributed by atoms with van der Waals surface area (Å²) in [5, 5.41) is 5.76. The Hall–Kier alpha value is -3.12. The molecule has 4 N–H and O–H groups in total. The van der Waals surface area contributed by atoms with E-state index in [0.717, 1.165) is 21.2 Å². The molecule has 0 radical (unpaired) electrons. The van der Waals surface area contributed by atoms with Gasteiger partial charge in [-0.2, -0.15) is 0 Å². The molecule has 29 heavy (non-hydrogen) atoms. The van der Waals surface area contributed by atoms with Crippen molar-refractivity contribution in [1.29, 1.82) is 0 Å². The van der Waals surface area contributed by atoms with E-state index in [1.54, 1.807) is 0 Å². The van der Waals surface area contributed by atoms with Gasteiger partial charge in [0.2, 0.25) is 5.91 Å². The SMILES string of the molecule is NC(=O)NC(CC(=O)NC(c1ccccc1)c1ccccc1)c1ccc(Br)cc1. The Labute approximate surface area is 178 Å². The summed E-state index contributed by atoms with van der Waals surface area (Å²) in [5.74, 6) is -0.190. The van der Waals surface area contributed by atoms with Crippen molar-refractivity contribution in [2.24, 2.45) is 5.73 Å². The molecule has 0 aromatic heterocycles. The Morgan fingerprint density at radius 1 is 0.759 bits per heavy atom. The number of nitrogens with two attached hydrogens (primary N) is 1. The summed E-state index contributed by atoms with van der Waals surface area (Å²) in [6.45, 7) is 0. The Morgan fingerprint density at radius 2 is 1.28 bits per heavy atom. The molecule has 0 aliphatic rings. The highest BCUT2D eigenvalue weighted by Crippen LogP contribution is 2.24. The molecule has 148 valence electrons. The monoisotopic (exact) mass is 451 g/mol. The van der Waals surface area contributed by atoms with Gasteiger partial charge in [0.05, 0.1) is 18.5 Å². The lowest BCUT2D eigenvalue weighted by molar-refractivity contribution is -0.122. The van der Waals surface area contributed by atoms with Crippen LogP contribution in [0.5, 0.6) is 0 Å². The van der Waals surface area contributed by atoms with Crippen LogP contribution in [0, 0.1) is 0 Å². The number of urea groups is 1. The summed E-state index contributed by atoms with van der Waals surface area (Å²) in [6, 6.07) is 25.5. The molecule has 1 unspecified atom stereocenters. The number of primary amides is 1. The third-order valence-electron chi connectivity index (χ3n) is 4.55. The van der Waals surface area contributed by atoms with Crippen molar-refractivity contribution in [1.82, 2.24) is 10.6 Å². The van der Waals surface area contributed by atoms with E-state index in [0.29, 0.717) is 0 Å². The van der Waals surface area contributed by atoms with Crippen LogP contribution in [0.25, 0.3) is 0 Å². The lowest BCUT2D eigenvalue weighted by Gasteiger charge is -2.23. The molecule has 0 fully saturated rings. The van der Waals surface area contributed by atoms with E-state index >= 15 is 0 Å². The molecule has 0 saturated carbocycles. The van der Waals surface area contributed by atoms with Crippen LogP contribution in [-0.4, -0.2) is 11.9 Å². The second-order valence-electron chi connectivity index (χ2n) is 6.64. The molecule has 1 atom stereocenters. The van der Waals surface area contributed by atoms with Gasteiger partial charge in [-0.25, -0.2) is 4.79 Å². The molecule has 0 aliphatic carbocycles. The second-order valence-corrected chi connectivity index (χ2v) is 7.55. The van der Waals surface area contributed by atoms with Crippen molar-refractivity contribution < 1.29 is 9.59 Å². The normalized spacial score (nSPS) is 11.7. The van der Waals surface area contributed by atoms with Gasteiger partial charge in [-0.05, 0) is 28.8 Å². The largest absolute Gasteiger partial charge is 0.352 e. The summed E-state index contributed by atoms with van der Waals surface area (Å²) >= 11 is 3.39. The molecule has 5 nitrogen and oxygen atoms in total.